The van der Waals surface area contributed by atoms with Gasteiger partial charge in [0.25, 0.3) is 0 Å². The van der Waals surface area contributed by atoms with Gasteiger partial charge in [0.1, 0.15) is 5.78 Å². The van der Waals surface area contributed by atoms with Gasteiger partial charge in [0.2, 0.25) is 0 Å². The van der Waals surface area contributed by atoms with Gasteiger partial charge in [0.15, 0.2) is 0 Å². The molecular formula is C5H12MgO. The van der Waals surface area contributed by atoms with E-state index in [1.165, 1.54) is 0 Å². The maximum absolute atomic E-state index is 10.2. The van der Waals surface area contributed by atoms with Gasteiger partial charge in [0, 0.05) is 12.8 Å². The molecule has 0 unspecified atom stereocenters. The van der Waals surface area contributed by atoms with Gasteiger partial charge in [-0.15, -0.1) is 0 Å². The molecule has 0 spiro atoms. The first-order valence-corrected chi connectivity index (χ1v) is 2.33. The minimum absolute atomic E-state index is 0. The summed E-state index contributed by atoms with van der Waals surface area (Å²) in [6.07, 6.45) is 1.38. The molecule has 0 aromatic carbocycles. The zero-order valence-electron chi connectivity index (χ0n) is 7.03. The van der Waals surface area contributed by atoms with Gasteiger partial charge >= 0.3 is 23.1 Å². The summed E-state index contributed by atoms with van der Waals surface area (Å²) in [6, 6.07) is 0. The van der Waals surface area contributed by atoms with E-state index in [0.29, 0.717) is 18.6 Å². The third-order valence-corrected chi connectivity index (χ3v) is 0.789. The van der Waals surface area contributed by atoms with E-state index in [1.54, 1.807) is 0 Å². The normalized spacial score (nSPS) is 7.14. The molecule has 0 heterocycles. The summed E-state index contributed by atoms with van der Waals surface area (Å²) in [4.78, 5) is 10.2. The quantitative estimate of drug-likeness (QED) is 0.491. The van der Waals surface area contributed by atoms with Gasteiger partial charge in [-0.25, -0.2) is 0 Å². The molecule has 0 bridgehead atoms. The van der Waals surface area contributed by atoms with Crippen LogP contribution in [0, 0.1) is 0 Å². The smallest absolute Gasteiger partial charge is 1.00 e. The van der Waals surface area contributed by atoms with Crippen LogP contribution in [0.2, 0.25) is 0 Å². The Hall–Kier alpha value is 0.436. The summed E-state index contributed by atoms with van der Waals surface area (Å²) < 4.78 is 0. The van der Waals surface area contributed by atoms with Crippen LogP contribution in [-0.2, 0) is 4.79 Å². The number of rotatable bonds is 2. The Bertz CT molecular complexity index is 52.9. The molecule has 0 aromatic rings. The van der Waals surface area contributed by atoms with E-state index in [9.17, 15) is 4.79 Å². The fraction of sp³-hybridized carbons (Fsp3) is 0.800. The summed E-state index contributed by atoms with van der Waals surface area (Å²) in [6.45, 7) is 3.76. The molecule has 0 amide bonds. The van der Waals surface area contributed by atoms with Crippen molar-refractivity contribution in [3.05, 3.63) is 0 Å². The van der Waals surface area contributed by atoms with Crippen molar-refractivity contribution in [2.75, 3.05) is 0 Å². The number of hydrogen-bond acceptors (Lipinski definition) is 1. The van der Waals surface area contributed by atoms with E-state index in [-0.39, 0.29) is 25.9 Å². The first-order valence-electron chi connectivity index (χ1n) is 2.33. The van der Waals surface area contributed by atoms with E-state index in [4.69, 9.17) is 0 Å². The van der Waals surface area contributed by atoms with Gasteiger partial charge in [-0.05, 0) is 0 Å². The number of carbonyl (C=O) groups is 1. The molecule has 0 aliphatic rings. The van der Waals surface area contributed by atoms with Crippen LogP contribution in [0.1, 0.15) is 29.5 Å². The summed E-state index contributed by atoms with van der Waals surface area (Å²) in [5, 5.41) is 0. The fourth-order valence-corrected chi connectivity index (χ4v) is 0.250. The van der Waals surface area contributed by atoms with Crippen LogP contribution in [0.25, 0.3) is 0 Å². The number of carbonyl (C=O) groups excluding carboxylic acids is 1. The maximum Gasteiger partial charge on any atom is 2.00 e. The predicted molar refractivity (Wildman–Crippen MR) is 33.6 cm³/mol. The number of Topliss-reactive ketones (excluding diaryl/α,β-unsaturated/α-hetero) is 1. The zero-order valence-corrected chi connectivity index (χ0v) is 6.44. The molecule has 0 saturated carbocycles. The Morgan fingerprint density at radius 2 is 1.71 bits per heavy atom. The second kappa shape index (κ2) is 6.44. The Kier molecular flexibility index (Phi) is 9.58. The Morgan fingerprint density at radius 3 is 1.71 bits per heavy atom. The summed E-state index contributed by atoms with van der Waals surface area (Å²) in [7, 11) is 0. The second-order valence-corrected chi connectivity index (χ2v) is 1.25. The van der Waals surface area contributed by atoms with Crippen molar-refractivity contribution in [1.29, 1.82) is 0 Å². The van der Waals surface area contributed by atoms with Gasteiger partial charge in [0.05, 0.1) is 0 Å². The predicted octanol–water partition coefficient (Wildman–Crippen LogP) is 1.22. The van der Waals surface area contributed by atoms with Gasteiger partial charge in [-0.2, -0.15) is 0 Å². The molecule has 0 N–H and O–H groups in total. The van der Waals surface area contributed by atoms with Gasteiger partial charge in [-0.1, -0.05) is 13.8 Å². The van der Waals surface area contributed by atoms with Crippen LogP contribution in [-0.4, -0.2) is 28.8 Å². The topological polar surface area (TPSA) is 17.1 Å². The minimum atomic E-state index is 0. The molecule has 0 rings (SSSR count). The summed E-state index contributed by atoms with van der Waals surface area (Å²) in [5.41, 5.74) is 0. The fourth-order valence-electron chi connectivity index (χ4n) is 0.250. The molecule has 0 aliphatic heterocycles. The van der Waals surface area contributed by atoms with E-state index >= 15 is 0 Å². The molecule has 0 radical (unpaired) electrons. The number of ketones is 1. The van der Waals surface area contributed by atoms with Crippen molar-refractivity contribution in [2.24, 2.45) is 0 Å². The largest absolute Gasteiger partial charge is 2.00 e. The Labute approximate surface area is 63.6 Å². The van der Waals surface area contributed by atoms with Crippen LogP contribution < -0.4 is 0 Å². The average Bonchev–Trinajstić information content (AvgIpc) is 1.65. The Morgan fingerprint density at radius 1 is 1.43 bits per heavy atom. The number of hydrogen-bond donors (Lipinski definition) is 0. The third kappa shape index (κ3) is 6.44. The SMILES string of the molecule is CCC(=O)CC.[H-].[H-].[Mg+2]. The van der Waals surface area contributed by atoms with E-state index in [1.807, 2.05) is 13.8 Å². The Balaban J connectivity index is -0.0000000417. The van der Waals surface area contributed by atoms with Crippen molar-refractivity contribution >= 4 is 28.8 Å². The monoisotopic (exact) mass is 112 g/mol. The molecule has 0 saturated heterocycles. The first-order chi connectivity index (χ1) is 2.81. The molecule has 7 heavy (non-hydrogen) atoms. The molecule has 0 atom stereocenters. The first kappa shape index (κ1) is 10.4. The van der Waals surface area contributed by atoms with Crippen LogP contribution in [0.3, 0.4) is 0 Å². The standard InChI is InChI=1S/C5H10O.Mg.2H/c1-3-5(6)4-2;;;/h3-4H2,1-2H3;;;/q;+2;2*-1. The van der Waals surface area contributed by atoms with E-state index < -0.39 is 0 Å². The van der Waals surface area contributed by atoms with Crippen molar-refractivity contribution in [3.63, 3.8) is 0 Å². The van der Waals surface area contributed by atoms with Crippen LogP contribution in [0.15, 0.2) is 0 Å². The molecule has 0 fully saturated rings. The van der Waals surface area contributed by atoms with Crippen molar-refractivity contribution in [3.8, 4) is 0 Å². The molecule has 0 aliphatic carbocycles. The molecule has 1 nitrogen and oxygen atoms in total. The maximum atomic E-state index is 10.2. The van der Waals surface area contributed by atoms with Gasteiger partial charge < -0.3 is 2.85 Å². The van der Waals surface area contributed by atoms with E-state index in [0.717, 1.165) is 0 Å². The minimum Gasteiger partial charge on any atom is -1.00 e. The molecule has 0 aromatic heterocycles. The van der Waals surface area contributed by atoms with Crippen molar-refractivity contribution < 1.29 is 7.65 Å². The zero-order chi connectivity index (χ0) is 4.99. The van der Waals surface area contributed by atoms with Gasteiger partial charge in [-0.3, -0.25) is 4.79 Å². The van der Waals surface area contributed by atoms with E-state index in [2.05, 4.69) is 0 Å². The molecule has 2 heteroatoms. The summed E-state index contributed by atoms with van der Waals surface area (Å²) >= 11 is 0. The average molecular weight is 112 g/mol. The van der Waals surface area contributed by atoms with Crippen LogP contribution >= 0.6 is 0 Å². The second-order valence-electron chi connectivity index (χ2n) is 1.25. The molecule has 40 valence electrons. The molecular weight excluding hydrogens is 100 g/mol. The third-order valence-electron chi connectivity index (χ3n) is 0.789. The van der Waals surface area contributed by atoms with Crippen LogP contribution in [0.5, 0.6) is 0 Å². The van der Waals surface area contributed by atoms with Crippen LogP contribution in [0.4, 0.5) is 0 Å². The van der Waals surface area contributed by atoms with Crippen molar-refractivity contribution in [2.45, 2.75) is 26.7 Å². The summed E-state index contributed by atoms with van der Waals surface area (Å²) in [5.74, 6) is 0.343. The van der Waals surface area contributed by atoms with Crippen molar-refractivity contribution in [1.82, 2.24) is 0 Å².